The average Bonchev–Trinajstić information content (AvgIpc) is 3.04. The Morgan fingerprint density at radius 1 is 1.29 bits per heavy atom. The molecule has 24 heavy (non-hydrogen) atoms. The third-order valence-electron chi connectivity index (χ3n) is 5.24. The van der Waals surface area contributed by atoms with E-state index in [-0.39, 0.29) is 6.04 Å². The Morgan fingerprint density at radius 3 is 2.88 bits per heavy atom. The molecule has 4 heteroatoms. The number of carboxylic acid groups (broad SMARTS) is 1. The number of fused-ring (bicyclic) bond motifs is 3. The number of carbonyl (C=O) groups is 1. The molecule has 1 heterocycles. The van der Waals surface area contributed by atoms with E-state index in [1.807, 2.05) is 31.2 Å². The van der Waals surface area contributed by atoms with Gasteiger partial charge in [-0.2, -0.15) is 0 Å². The smallest absolute Gasteiger partial charge is 0.336 e. The zero-order valence-electron chi connectivity index (χ0n) is 13.3. The van der Waals surface area contributed by atoms with Crippen molar-refractivity contribution < 1.29 is 9.90 Å². The molecular formula is C20H18ClNO2. The number of nitrogens with one attached hydrogen (secondary N) is 1. The molecule has 3 unspecified atom stereocenters. The molecule has 0 fully saturated rings. The van der Waals surface area contributed by atoms with Crippen LogP contribution in [0.1, 0.15) is 45.4 Å². The van der Waals surface area contributed by atoms with Crippen LogP contribution in [0.4, 0.5) is 5.69 Å². The summed E-state index contributed by atoms with van der Waals surface area (Å²) in [5, 5.41) is 13.7. The Balaban J connectivity index is 1.85. The highest BCUT2D eigenvalue weighted by molar-refractivity contribution is 6.30. The molecule has 0 radical (unpaired) electrons. The summed E-state index contributed by atoms with van der Waals surface area (Å²) in [6, 6.07) is 11.7. The first-order chi connectivity index (χ1) is 11.6. The number of carboxylic acids is 1. The molecule has 0 aromatic heterocycles. The van der Waals surface area contributed by atoms with Gasteiger partial charge in [-0.15, -0.1) is 0 Å². The summed E-state index contributed by atoms with van der Waals surface area (Å²) in [5.74, 6) is -0.154. The van der Waals surface area contributed by atoms with Gasteiger partial charge in [0, 0.05) is 16.6 Å². The van der Waals surface area contributed by atoms with Crippen molar-refractivity contribution in [2.45, 2.75) is 25.3 Å². The number of benzene rings is 2. The number of rotatable bonds is 2. The van der Waals surface area contributed by atoms with E-state index >= 15 is 0 Å². The molecule has 2 N–H and O–H groups in total. The third kappa shape index (κ3) is 2.31. The van der Waals surface area contributed by atoms with Gasteiger partial charge in [0.1, 0.15) is 0 Å². The van der Waals surface area contributed by atoms with Crippen molar-refractivity contribution in [3.05, 3.63) is 75.8 Å². The fraction of sp³-hybridized carbons (Fsp3) is 0.250. The van der Waals surface area contributed by atoms with Gasteiger partial charge in [-0.1, -0.05) is 42.0 Å². The predicted octanol–water partition coefficient (Wildman–Crippen LogP) is 5.17. The minimum atomic E-state index is -0.888. The van der Waals surface area contributed by atoms with Gasteiger partial charge in [-0.25, -0.2) is 4.79 Å². The monoisotopic (exact) mass is 339 g/mol. The Labute approximate surface area is 146 Å². The highest BCUT2D eigenvalue weighted by atomic mass is 35.5. The molecule has 2 aliphatic rings. The zero-order valence-corrected chi connectivity index (χ0v) is 14.0. The van der Waals surface area contributed by atoms with Crippen LogP contribution < -0.4 is 5.32 Å². The Kier molecular flexibility index (Phi) is 3.61. The number of hydrogen-bond donors (Lipinski definition) is 2. The molecule has 122 valence electrons. The quantitative estimate of drug-likeness (QED) is 0.742. The number of anilines is 1. The highest BCUT2D eigenvalue weighted by Crippen LogP contribution is 2.51. The Hall–Kier alpha value is -2.26. The molecule has 1 aliphatic carbocycles. The van der Waals surface area contributed by atoms with Crippen molar-refractivity contribution in [1.82, 2.24) is 0 Å². The molecule has 0 bridgehead atoms. The van der Waals surface area contributed by atoms with E-state index in [2.05, 4.69) is 23.5 Å². The van der Waals surface area contributed by atoms with Crippen LogP contribution in [0.3, 0.4) is 0 Å². The topological polar surface area (TPSA) is 49.3 Å². The molecule has 1 aliphatic heterocycles. The first-order valence-corrected chi connectivity index (χ1v) is 8.49. The highest BCUT2D eigenvalue weighted by Gasteiger charge is 2.38. The number of aromatic carboxylic acids is 1. The number of allylic oxidation sites excluding steroid dienone is 2. The molecular weight excluding hydrogens is 322 g/mol. The number of halogens is 1. The fourth-order valence-electron chi connectivity index (χ4n) is 4.08. The minimum Gasteiger partial charge on any atom is -0.478 e. The SMILES string of the molecule is Cc1c(C(=O)O)ccc2c1NC(c1cccc(Cl)c1)C1CC=CC21. The normalized spacial score (nSPS) is 24.2. The lowest BCUT2D eigenvalue weighted by molar-refractivity contribution is 0.0696. The largest absolute Gasteiger partial charge is 0.478 e. The van der Waals surface area contributed by atoms with Gasteiger partial charge in [0.25, 0.3) is 0 Å². The summed E-state index contributed by atoms with van der Waals surface area (Å²) < 4.78 is 0. The van der Waals surface area contributed by atoms with Gasteiger partial charge in [0.2, 0.25) is 0 Å². The molecule has 0 spiro atoms. The molecule has 0 saturated heterocycles. The van der Waals surface area contributed by atoms with E-state index in [4.69, 9.17) is 11.6 Å². The van der Waals surface area contributed by atoms with Gasteiger partial charge >= 0.3 is 5.97 Å². The second kappa shape index (κ2) is 5.67. The van der Waals surface area contributed by atoms with Gasteiger partial charge < -0.3 is 10.4 Å². The summed E-state index contributed by atoms with van der Waals surface area (Å²) in [4.78, 5) is 11.5. The van der Waals surface area contributed by atoms with Crippen molar-refractivity contribution in [3.63, 3.8) is 0 Å². The van der Waals surface area contributed by atoms with Crippen LogP contribution >= 0.6 is 11.6 Å². The van der Waals surface area contributed by atoms with Crippen LogP contribution in [-0.4, -0.2) is 11.1 Å². The summed E-state index contributed by atoms with van der Waals surface area (Å²) in [6.45, 7) is 1.88. The summed E-state index contributed by atoms with van der Waals surface area (Å²) in [6.07, 6.45) is 5.49. The molecule has 2 aromatic rings. The van der Waals surface area contributed by atoms with E-state index in [9.17, 15) is 9.90 Å². The van der Waals surface area contributed by atoms with Crippen molar-refractivity contribution in [1.29, 1.82) is 0 Å². The second-order valence-electron chi connectivity index (χ2n) is 6.54. The van der Waals surface area contributed by atoms with Gasteiger partial charge in [-0.3, -0.25) is 0 Å². The molecule has 3 atom stereocenters. The van der Waals surface area contributed by atoms with Crippen LogP contribution in [-0.2, 0) is 0 Å². The number of hydrogen-bond acceptors (Lipinski definition) is 2. The zero-order chi connectivity index (χ0) is 16.8. The maximum absolute atomic E-state index is 11.5. The molecule has 3 nitrogen and oxygen atoms in total. The summed E-state index contributed by atoms with van der Waals surface area (Å²) in [5.41, 5.74) is 4.44. The fourth-order valence-corrected chi connectivity index (χ4v) is 4.27. The lowest BCUT2D eigenvalue weighted by Gasteiger charge is -2.38. The lowest BCUT2D eigenvalue weighted by atomic mass is 9.76. The molecule has 0 saturated carbocycles. The van der Waals surface area contributed by atoms with E-state index in [1.165, 1.54) is 5.56 Å². The first-order valence-electron chi connectivity index (χ1n) is 8.11. The second-order valence-corrected chi connectivity index (χ2v) is 6.97. The van der Waals surface area contributed by atoms with Crippen LogP contribution in [0.5, 0.6) is 0 Å². The third-order valence-corrected chi connectivity index (χ3v) is 5.47. The first kappa shape index (κ1) is 15.3. The maximum Gasteiger partial charge on any atom is 0.336 e. The minimum absolute atomic E-state index is 0.124. The molecule has 2 aromatic carbocycles. The molecule has 0 amide bonds. The molecule has 4 rings (SSSR count). The predicted molar refractivity (Wildman–Crippen MR) is 95.9 cm³/mol. The average molecular weight is 340 g/mol. The van der Waals surface area contributed by atoms with Gasteiger partial charge in [0.15, 0.2) is 0 Å². The van der Waals surface area contributed by atoms with E-state index in [0.29, 0.717) is 17.4 Å². The van der Waals surface area contributed by atoms with Crippen molar-refractivity contribution in [3.8, 4) is 0 Å². The van der Waals surface area contributed by atoms with E-state index < -0.39 is 5.97 Å². The lowest BCUT2D eigenvalue weighted by Crippen LogP contribution is -2.30. The maximum atomic E-state index is 11.5. The summed E-state index contributed by atoms with van der Waals surface area (Å²) >= 11 is 6.18. The van der Waals surface area contributed by atoms with Gasteiger partial charge in [-0.05, 0) is 54.2 Å². The van der Waals surface area contributed by atoms with Crippen molar-refractivity contribution in [2.24, 2.45) is 5.92 Å². The Morgan fingerprint density at radius 2 is 2.12 bits per heavy atom. The van der Waals surface area contributed by atoms with E-state index in [0.717, 1.165) is 28.3 Å². The Bertz CT molecular complexity index is 859. The van der Waals surface area contributed by atoms with Crippen LogP contribution in [0.2, 0.25) is 5.02 Å². The van der Waals surface area contributed by atoms with E-state index in [1.54, 1.807) is 6.07 Å². The van der Waals surface area contributed by atoms with Crippen LogP contribution in [0.25, 0.3) is 0 Å². The van der Waals surface area contributed by atoms with Crippen molar-refractivity contribution >= 4 is 23.3 Å². The van der Waals surface area contributed by atoms with Crippen LogP contribution in [0.15, 0.2) is 48.6 Å². The van der Waals surface area contributed by atoms with Crippen LogP contribution in [0, 0.1) is 12.8 Å². The van der Waals surface area contributed by atoms with Gasteiger partial charge in [0.05, 0.1) is 11.6 Å². The summed E-state index contributed by atoms with van der Waals surface area (Å²) in [7, 11) is 0. The van der Waals surface area contributed by atoms with Crippen molar-refractivity contribution in [2.75, 3.05) is 5.32 Å². The standard InChI is InChI=1S/C20H18ClNO2/c1-11-14(20(23)24)8-9-17-15-6-3-7-16(15)19(22-18(11)17)12-4-2-5-13(21)10-12/h2-6,8-10,15-16,19,22H,7H2,1H3,(H,23,24).